The van der Waals surface area contributed by atoms with Gasteiger partial charge in [0.05, 0.1) is 30.5 Å². The number of hydrogen-bond donors (Lipinski definition) is 0. The first-order valence-electron chi connectivity index (χ1n) is 12.0. The molecule has 34 heavy (non-hydrogen) atoms. The van der Waals surface area contributed by atoms with Crippen LogP contribution >= 0.6 is 0 Å². The summed E-state index contributed by atoms with van der Waals surface area (Å²) in [6.45, 7) is 5.93. The quantitative estimate of drug-likeness (QED) is 0.431. The number of likely N-dealkylation sites (N-methyl/N-ethyl adjacent to an activating group) is 1. The summed E-state index contributed by atoms with van der Waals surface area (Å²) in [5.41, 5.74) is 1.55. The number of carbonyl (C=O) groups is 1. The molecule has 1 unspecified atom stereocenters. The van der Waals surface area contributed by atoms with Crippen molar-refractivity contribution in [3.8, 4) is 5.75 Å². The zero-order valence-electron chi connectivity index (χ0n) is 21.0. The molecule has 0 aliphatic rings. The van der Waals surface area contributed by atoms with E-state index in [1.165, 1.54) is 0 Å². The predicted octanol–water partition coefficient (Wildman–Crippen LogP) is 3.90. The molecule has 0 radical (unpaired) electrons. The summed E-state index contributed by atoms with van der Waals surface area (Å²) in [6.07, 6.45) is 1.75. The number of ether oxygens (including phenoxy) is 1. The topological polar surface area (TPSA) is 67.7 Å². The van der Waals surface area contributed by atoms with Gasteiger partial charge >= 0.3 is 0 Å². The molecule has 182 valence electrons. The van der Waals surface area contributed by atoms with Crippen LogP contribution < -0.4 is 10.3 Å². The Kier molecular flexibility index (Phi) is 8.82. The lowest BCUT2D eigenvalue weighted by molar-refractivity contribution is -0.133. The van der Waals surface area contributed by atoms with E-state index in [2.05, 4.69) is 4.90 Å². The fourth-order valence-corrected chi connectivity index (χ4v) is 4.20. The molecule has 7 heteroatoms. The Morgan fingerprint density at radius 1 is 1.06 bits per heavy atom. The molecule has 0 aliphatic heterocycles. The Morgan fingerprint density at radius 3 is 2.38 bits per heavy atom. The lowest BCUT2D eigenvalue weighted by atomic mass is 10.1. The van der Waals surface area contributed by atoms with Gasteiger partial charge in [-0.15, -0.1) is 0 Å². The maximum absolute atomic E-state index is 13.6. The van der Waals surface area contributed by atoms with Gasteiger partial charge in [-0.2, -0.15) is 0 Å². The van der Waals surface area contributed by atoms with Crippen LogP contribution in [0.25, 0.3) is 10.9 Å². The van der Waals surface area contributed by atoms with Gasteiger partial charge in [0.25, 0.3) is 5.56 Å². The SMILES string of the molecule is CCCn1c(C(CC)N(CCN(C)C)C(=O)Cc2ccc(OC)cc2)nc2ccccc2c1=O. The first kappa shape index (κ1) is 25.4. The van der Waals surface area contributed by atoms with Crippen LogP contribution in [0.2, 0.25) is 0 Å². The molecule has 1 aromatic heterocycles. The van der Waals surface area contributed by atoms with Crippen molar-refractivity contribution in [1.82, 2.24) is 19.4 Å². The zero-order valence-corrected chi connectivity index (χ0v) is 21.0. The number of nitrogens with zero attached hydrogens (tertiary/aromatic N) is 4. The molecule has 0 aliphatic carbocycles. The minimum Gasteiger partial charge on any atom is -0.497 e. The van der Waals surface area contributed by atoms with Gasteiger partial charge in [-0.3, -0.25) is 14.2 Å². The van der Waals surface area contributed by atoms with Crippen LogP contribution in [0.4, 0.5) is 0 Å². The summed E-state index contributed by atoms with van der Waals surface area (Å²) >= 11 is 0. The highest BCUT2D eigenvalue weighted by Gasteiger charge is 2.28. The molecule has 0 bridgehead atoms. The molecule has 1 atom stereocenters. The Morgan fingerprint density at radius 2 is 1.76 bits per heavy atom. The van der Waals surface area contributed by atoms with Crippen molar-refractivity contribution < 1.29 is 9.53 Å². The van der Waals surface area contributed by atoms with Gasteiger partial charge in [0.1, 0.15) is 11.6 Å². The largest absolute Gasteiger partial charge is 0.497 e. The summed E-state index contributed by atoms with van der Waals surface area (Å²) < 4.78 is 7.00. The summed E-state index contributed by atoms with van der Waals surface area (Å²) in [5, 5.41) is 0.610. The van der Waals surface area contributed by atoms with Gasteiger partial charge in [0.2, 0.25) is 5.91 Å². The van der Waals surface area contributed by atoms with Gasteiger partial charge in [0.15, 0.2) is 0 Å². The second-order valence-corrected chi connectivity index (χ2v) is 8.78. The standard InChI is InChI=1S/C27H36N4O3/c1-6-16-31-26(28-23-11-9-8-10-22(23)27(31)33)24(7-2)30(18-17-29(3)4)25(32)19-20-12-14-21(34-5)15-13-20/h8-15,24H,6-7,16-19H2,1-5H3. The second kappa shape index (κ2) is 11.8. The highest BCUT2D eigenvalue weighted by atomic mass is 16.5. The fraction of sp³-hybridized carbons (Fsp3) is 0.444. The molecule has 0 saturated carbocycles. The van der Waals surface area contributed by atoms with Gasteiger partial charge < -0.3 is 14.5 Å². The minimum atomic E-state index is -0.297. The third kappa shape index (κ3) is 5.83. The van der Waals surface area contributed by atoms with Crippen molar-refractivity contribution >= 4 is 16.8 Å². The highest BCUT2D eigenvalue weighted by Crippen LogP contribution is 2.25. The highest BCUT2D eigenvalue weighted by molar-refractivity contribution is 5.80. The average molecular weight is 465 g/mol. The van der Waals surface area contributed by atoms with Gasteiger partial charge in [-0.25, -0.2) is 4.98 Å². The number of fused-ring (bicyclic) bond motifs is 1. The number of carbonyl (C=O) groups excluding carboxylic acids is 1. The van der Waals surface area contributed by atoms with E-state index in [0.29, 0.717) is 36.2 Å². The number of hydrogen-bond acceptors (Lipinski definition) is 5. The number of aromatic nitrogens is 2. The van der Waals surface area contributed by atoms with E-state index < -0.39 is 0 Å². The van der Waals surface area contributed by atoms with E-state index in [9.17, 15) is 9.59 Å². The van der Waals surface area contributed by atoms with Crippen molar-refractivity contribution in [3.05, 3.63) is 70.3 Å². The lowest BCUT2D eigenvalue weighted by Crippen LogP contribution is -2.42. The molecule has 0 spiro atoms. The second-order valence-electron chi connectivity index (χ2n) is 8.78. The Hall–Kier alpha value is -3.19. The predicted molar refractivity (Wildman–Crippen MR) is 136 cm³/mol. The molecule has 7 nitrogen and oxygen atoms in total. The van der Waals surface area contributed by atoms with Gasteiger partial charge in [-0.1, -0.05) is 38.1 Å². The van der Waals surface area contributed by atoms with E-state index in [1.807, 2.05) is 81.4 Å². The molecule has 2 aromatic carbocycles. The Labute approximate surface area is 202 Å². The Balaban J connectivity index is 2.04. The summed E-state index contributed by atoms with van der Waals surface area (Å²) in [6, 6.07) is 14.7. The zero-order chi connectivity index (χ0) is 24.7. The molecular weight excluding hydrogens is 428 g/mol. The monoisotopic (exact) mass is 464 g/mol. The third-order valence-electron chi connectivity index (χ3n) is 6.02. The molecule has 1 amide bonds. The third-order valence-corrected chi connectivity index (χ3v) is 6.02. The van der Waals surface area contributed by atoms with Crippen LogP contribution in [-0.4, -0.2) is 59.6 Å². The summed E-state index contributed by atoms with van der Waals surface area (Å²) in [5.74, 6) is 1.44. The van der Waals surface area contributed by atoms with Crippen LogP contribution in [0.3, 0.4) is 0 Å². The van der Waals surface area contributed by atoms with Gasteiger partial charge in [0, 0.05) is 19.6 Å². The van der Waals surface area contributed by atoms with Crippen molar-refractivity contribution in [3.63, 3.8) is 0 Å². The first-order chi connectivity index (χ1) is 16.4. The number of para-hydroxylation sites is 1. The minimum absolute atomic E-state index is 0.0179. The smallest absolute Gasteiger partial charge is 0.261 e. The van der Waals surface area contributed by atoms with E-state index in [0.717, 1.165) is 24.3 Å². The van der Waals surface area contributed by atoms with E-state index in [4.69, 9.17) is 9.72 Å². The molecule has 0 N–H and O–H groups in total. The Bertz CT molecular complexity index is 1150. The maximum atomic E-state index is 13.6. The number of rotatable bonds is 11. The molecule has 3 aromatic rings. The van der Waals surface area contributed by atoms with Crippen LogP contribution in [-0.2, 0) is 17.8 Å². The van der Waals surface area contributed by atoms with Crippen molar-refractivity contribution in [2.24, 2.45) is 0 Å². The van der Waals surface area contributed by atoms with Crippen molar-refractivity contribution in [2.75, 3.05) is 34.3 Å². The molecule has 3 rings (SSSR count). The van der Waals surface area contributed by atoms with Crippen LogP contribution in [0, 0.1) is 0 Å². The maximum Gasteiger partial charge on any atom is 0.261 e. The number of methoxy groups -OCH3 is 1. The first-order valence-corrected chi connectivity index (χ1v) is 12.0. The van der Waals surface area contributed by atoms with E-state index >= 15 is 0 Å². The fourth-order valence-electron chi connectivity index (χ4n) is 4.20. The molecule has 1 heterocycles. The van der Waals surface area contributed by atoms with Crippen LogP contribution in [0.15, 0.2) is 53.3 Å². The summed E-state index contributed by atoms with van der Waals surface area (Å²) in [7, 11) is 5.62. The molecule has 0 fully saturated rings. The number of benzene rings is 2. The molecular formula is C27H36N4O3. The van der Waals surface area contributed by atoms with E-state index in [-0.39, 0.29) is 23.9 Å². The van der Waals surface area contributed by atoms with Crippen molar-refractivity contribution in [2.45, 2.75) is 45.7 Å². The normalized spacial score (nSPS) is 12.2. The lowest BCUT2D eigenvalue weighted by Gasteiger charge is -2.33. The summed E-state index contributed by atoms with van der Waals surface area (Å²) in [4.78, 5) is 35.9. The van der Waals surface area contributed by atoms with Gasteiger partial charge in [-0.05, 0) is 56.8 Å². The van der Waals surface area contributed by atoms with Crippen molar-refractivity contribution in [1.29, 1.82) is 0 Å². The van der Waals surface area contributed by atoms with Crippen LogP contribution in [0.1, 0.15) is 44.1 Å². The van der Waals surface area contributed by atoms with Crippen LogP contribution in [0.5, 0.6) is 5.75 Å². The molecule has 0 saturated heterocycles. The van der Waals surface area contributed by atoms with E-state index in [1.54, 1.807) is 11.7 Å². The average Bonchev–Trinajstić information content (AvgIpc) is 2.84. The number of amides is 1.